The molecule has 0 spiro atoms. The molecule has 1 aliphatic heterocycles. The predicted molar refractivity (Wildman–Crippen MR) is 83.4 cm³/mol. The lowest BCUT2D eigenvalue weighted by molar-refractivity contribution is -0.139. The van der Waals surface area contributed by atoms with Gasteiger partial charge in [-0.1, -0.05) is 6.92 Å². The number of methoxy groups -OCH3 is 1. The number of likely N-dealkylation sites (tertiary alicyclic amines) is 1. The van der Waals surface area contributed by atoms with Gasteiger partial charge in [0.05, 0.1) is 7.11 Å². The van der Waals surface area contributed by atoms with Crippen LogP contribution in [0.3, 0.4) is 0 Å². The summed E-state index contributed by atoms with van der Waals surface area (Å²) in [6.45, 7) is 5.53. The van der Waals surface area contributed by atoms with Crippen LogP contribution in [0.2, 0.25) is 0 Å². The van der Waals surface area contributed by atoms with E-state index < -0.39 is 6.10 Å². The lowest BCUT2D eigenvalue weighted by Crippen LogP contribution is -2.44. The minimum absolute atomic E-state index is 0.00610. The number of hydrogen-bond acceptors (Lipinski definition) is 4. The molecule has 1 amide bonds. The van der Waals surface area contributed by atoms with Crippen molar-refractivity contribution >= 4 is 12.2 Å². The Hall–Kier alpha value is -2.04. The third-order valence-electron chi connectivity index (χ3n) is 4.07. The van der Waals surface area contributed by atoms with Crippen molar-refractivity contribution in [2.45, 2.75) is 32.8 Å². The van der Waals surface area contributed by atoms with Crippen LogP contribution in [0.5, 0.6) is 11.5 Å². The van der Waals surface area contributed by atoms with Crippen LogP contribution < -0.4 is 9.47 Å². The maximum absolute atomic E-state index is 12.4. The van der Waals surface area contributed by atoms with E-state index in [1.807, 2.05) is 4.90 Å². The first-order valence-corrected chi connectivity index (χ1v) is 7.63. The largest absolute Gasteiger partial charge is 0.493 e. The molecule has 0 saturated carbocycles. The van der Waals surface area contributed by atoms with E-state index in [1.165, 1.54) is 7.11 Å². The lowest BCUT2D eigenvalue weighted by Gasteiger charge is -2.32. The van der Waals surface area contributed by atoms with Gasteiger partial charge in [0.15, 0.2) is 17.6 Å². The smallest absolute Gasteiger partial charge is 0.263 e. The summed E-state index contributed by atoms with van der Waals surface area (Å²) in [4.78, 5) is 25.1. The van der Waals surface area contributed by atoms with Gasteiger partial charge in [0.25, 0.3) is 5.91 Å². The molecule has 120 valence electrons. The van der Waals surface area contributed by atoms with Crippen molar-refractivity contribution in [1.82, 2.24) is 4.90 Å². The zero-order valence-electron chi connectivity index (χ0n) is 13.4. The van der Waals surface area contributed by atoms with Crippen LogP contribution in [0.1, 0.15) is 37.0 Å². The second kappa shape index (κ2) is 7.29. The van der Waals surface area contributed by atoms with Gasteiger partial charge in [0, 0.05) is 18.7 Å². The van der Waals surface area contributed by atoms with Gasteiger partial charge >= 0.3 is 0 Å². The van der Waals surface area contributed by atoms with E-state index >= 15 is 0 Å². The average molecular weight is 305 g/mol. The highest BCUT2D eigenvalue weighted by atomic mass is 16.5. The fourth-order valence-electron chi connectivity index (χ4n) is 2.58. The molecule has 0 N–H and O–H groups in total. The Morgan fingerprint density at radius 3 is 2.59 bits per heavy atom. The highest BCUT2D eigenvalue weighted by molar-refractivity contribution is 5.81. The van der Waals surface area contributed by atoms with Crippen molar-refractivity contribution in [3.05, 3.63) is 23.8 Å². The van der Waals surface area contributed by atoms with E-state index in [2.05, 4.69) is 6.92 Å². The van der Waals surface area contributed by atoms with Crippen LogP contribution in [0, 0.1) is 5.92 Å². The van der Waals surface area contributed by atoms with E-state index in [4.69, 9.17) is 9.47 Å². The van der Waals surface area contributed by atoms with Crippen LogP contribution in [0.15, 0.2) is 18.2 Å². The molecule has 0 radical (unpaired) electrons. The molecule has 1 unspecified atom stereocenters. The van der Waals surface area contributed by atoms with E-state index in [0.29, 0.717) is 23.0 Å². The SMILES string of the molecule is COc1cc(C=O)ccc1OC(C)C(=O)N1CCC(C)CC1. The molecule has 5 nitrogen and oxygen atoms in total. The summed E-state index contributed by atoms with van der Waals surface area (Å²) in [6.07, 6.45) is 2.24. The van der Waals surface area contributed by atoms with Crippen molar-refractivity contribution in [3.63, 3.8) is 0 Å². The third-order valence-corrected chi connectivity index (χ3v) is 4.07. The zero-order valence-corrected chi connectivity index (χ0v) is 13.4. The van der Waals surface area contributed by atoms with E-state index in [0.717, 1.165) is 32.2 Å². The van der Waals surface area contributed by atoms with Gasteiger partial charge in [-0.25, -0.2) is 0 Å². The number of piperidine rings is 1. The first-order valence-electron chi connectivity index (χ1n) is 7.63. The second-order valence-corrected chi connectivity index (χ2v) is 5.80. The van der Waals surface area contributed by atoms with E-state index in [9.17, 15) is 9.59 Å². The maximum atomic E-state index is 12.4. The predicted octanol–water partition coefficient (Wildman–Crippen LogP) is 2.53. The molecular weight excluding hydrogens is 282 g/mol. The monoisotopic (exact) mass is 305 g/mol. The van der Waals surface area contributed by atoms with E-state index in [1.54, 1.807) is 25.1 Å². The summed E-state index contributed by atoms with van der Waals surface area (Å²) in [5.74, 6) is 1.60. The van der Waals surface area contributed by atoms with Crippen LogP contribution >= 0.6 is 0 Å². The number of carbonyl (C=O) groups is 2. The number of nitrogens with zero attached hydrogens (tertiary/aromatic N) is 1. The summed E-state index contributed by atoms with van der Waals surface area (Å²) in [6, 6.07) is 4.90. The molecule has 1 fully saturated rings. The normalized spacial score (nSPS) is 17.0. The van der Waals surface area contributed by atoms with Crippen molar-refractivity contribution in [2.24, 2.45) is 5.92 Å². The van der Waals surface area contributed by atoms with Gasteiger partial charge in [-0.2, -0.15) is 0 Å². The Balaban J connectivity index is 2.03. The second-order valence-electron chi connectivity index (χ2n) is 5.80. The fourth-order valence-corrected chi connectivity index (χ4v) is 2.58. The lowest BCUT2D eigenvalue weighted by atomic mass is 9.99. The highest BCUT2D eigenvalue weighted by Crippen LogP contribution is 2.29. The number of ether oxygens (including phenoxy) is 2. The molecule has 1 aromatic carbocycles. The summed E-state index contributed by atoms with van der Waals surface area (Å²) >= 11 is 0. The van der Waals surface area contributed by atoms with Gasteiger partial charge in [-0.3, -0.25) is 9.59 Å². The number of rotatable bonds is 5. The molecule has 5 heteroatoms. The van der Waals surface area contributed by atoms with Crippen molar-refractivity contribution in [3.8, 4) is 11.5 Å². The van der Waals surface area contributed by atoms with Crippen LogP contribution in [-0.2, 0) is 4.79 Å². The fraction of sp³-hybridized carbons (Fsp3) is 0.529. The molecular formula is C17H23NO4. The van der Waals surface area contributed by atoms with E-state index in [-0.39, 0.29) is 5.91 Å². The first kappa shape index (κ1) is 16.3. The number of aldehydes is 1. The molecule has 2 rings (SSSR count). The van der Waals surface area contributed by atoms with Crippen molar-refractivity contribution in [1.29, 1.82) is 0 Å². The van der Waals surface area contributed by atoms with Gasteiger partial charge < -0.3 is 14.4 Å². The number of hydrogen-bond donors (Lipinski definition) is 0. The molecule has 0 aromatic heterocycles. The van der Waals surface area contributed by atoms with Gasteiger partial charge in [0.1, 0.15) is 6.29 Å². The minimum Gasteiger partial charge on any atom is -0.493 e. The third kappa shape index (κ3) is 3.78. The highest BCUT2D eigenvalue weighted by Gasteiger charge is 2.26. The summed E-state index contributed by atoms with van der Waals surface area (Å²) in [7, 11) is 1.51. The van der Waals surface area contributed by atoms with Gasteiger partial charge in [-0.15, -0.1) is 0 Å². The Morgan fingerprint density at radius 2 is 2.00 bits per heavy atom. The standard InChI is InChI=1S/C17H23NO4/c1-12-6-8-18(9-7-12)17(20)13(2)22-15-5-4-14(11-19)10-16(15)21-3/h4-5,10-13H,6-9H2,1-3H3. The Kier molecular flexibility index (Phi) is 5.41. The zero-order chi connectivity index (χ0) is 16.1. The molecule has 0 bridgehead atoms. The number of benzene rings is 1. The molecule has 0 aliphatic carbocycles. The van der Waals surface area contributed by atoms with Crippen molar-refractivity contribution < 1.29 is 19.1 Å². The summed E-state index contributed by atoms with van der Waals surface area (Å²) in [5, 5.41) is 0. The Bertz CT molecular complexity index is 535. The van der Waals surface area contributed by atoms with Gasteiger partial charge in [0.2, 0.25) is 0 Å². The topological polar surface area (TPSA) is 55.8 Å². The molecule has 1 saturated heterocycles. The van der Waals surface area contributed by atoms with Crippen LogP contribution in [0.25, 0.3) is 0 Å². The molecule has 1 aromatic rings. The molecule has 1 heterocycles. The number of amides is 1. The maximum Gasteiger partial charge on any atom is 0.263 e. The molecule has 1 aliphatic rings. The number of carbonyl (C=O) groups excluding carboxylic acids is 2. The van der Waals surface area contributed by atoms with Gasteiger partial charge in [-0.05, 0) is 43.9 Å². The quantitative estimate of drug-likeness (QED) is 0.784. The summed E-state index contributed by atoms with van der Waals surface area (Å²) in [5.41, 5.74) is 0.508. The summed E-state index contributed by atoms with van der Waals surface area (Å²) < 4.78 is 11.0. The molecule has 22 heavy (non-hydrogen) atoms. The van der Waals surface area contributed by atoms with Crippen LogP contribution in [0.4, 0.5) is 0 Å². The van der Waals surface area contributed by atoms with Crippen molar-refractivity contribution in [2.75, 3.05) is 20.2 Å². The van der Waals surface area contributed by atoms with Crippen LogP contribution in [-0.4, -0.2) is 43.4 Å². The Labute approximate surface area is 131 Å². The Morgan fingerprint density at radius 1 is 1.32 bits per heavy atom. The minimum atomic E-state index is -0.579. The first-order chi connectivity index (χ1) is 10.5. The average Bonchev–Trinajstić information content (AvgIpc) is 2.55. The molecule has 1 atom stereocenters.